The first-order valence-electron chi connectivity index (χ1n) is 6.03. The van der Waals surface area contributed by atoms with Gasteiger partial charge in [0.1, 0.15) is 5.76 Å². The Kier molecular flexibility index (Phi) is 3.61. The zero-order chi connectivity index (χ0) is 11.5. The highest BCUT2D eigenvalue weighted by molar-refractivity contribution is 4.96. The van der Waals surface area contributed by atoms with Crippen molar-refractivity contribution in [1.82, 2.24) is 10.3 Å². The van der Waals surface area contributed by atoms with E-state index in [0.29, 0.717) is 5.89 Å². The minimum atomic E-state index is -0.229. The second-order valence-corrected chi connectivity index (χ2v) is 4.66. The van der Waals surface area contributed by atoms with E-state index in [4.69, 9.17) is 4.42 Å². The topological polar surface area (TPSA) is 58.3 Å². The van der Waals surface area contributed by atoms with E-state index in [1.54, 1.807) is 6.20 Å². The lowest BCUT2D eigenvalue weighted by molar-refractivity contribution is 0.0840. The Morgan fingerprint density at radius 1 is 1.50 bits per heavy atom. The second kappa shape index (κ2) is 4.97. The number of nitrogens with zero attached hydrogens (tertiary/aromatic N) is 1. The van der Waals surface area contributed by atoms with Crippen LogP contribution >= 0.6 is 0 Å². The Balaban J connectivity index is 1.93. The van der Waals surface area contributed by atoms with Crippen molar-refractivity contribution in [3.05, 3.63) is 17.8 Å². The van der Waals surface area contributed by atoms with Gasteiger partial charge >= 0.3 is 0 Å². The molecule has 1 aromatic rings. The Bertz CT molecular complexity index is 338. The normalized spacial score (nSPS) is 27.9. The van der Waals surface area contributed by atoms with Crippen molar-refractivity contribution in [2.24, 2.45) is 0 Å². The molecule has 1 aliphatic carbocycles. The number of aromatic nitrogens is 1. The van der Waals surface area contributed by atoms with Crippen LogP contribution in [-0.2, 0) is 0 Å². The minimum Gasteiger partial charge on any atom is -0.444 e. The second-order valence-electron chi connectivity index (χ2n) is 4.66. The summed E-state index contributed by atoms with van der Waals surface area (Å²) in [4.78, 5) is 4.20. The van der Waals surface area contributed by atoms with Crippen LogP contribution in [0.3, 0.4) is 0 Å². The highest BCUT2D eigenvalue weighted by Crippen LogP contribution is 2.21. The number of rotatable bonds is 3. The average molecular weight is 224 g/mol. The first-order valence-corrected chi connectivity index (χ1v) is 6.03. The molecule has 0 amide bonds. The summed E-state index contributed by atoms with van der Waals surface area (Å²) >= 11 is 0. The van der Waals surface area contributed by atoms with Crippen molar-refractivity contribution < 1.29 is 9.52 Å². The first kappa shape index (κ1) is 11.6. The lowest BCUT2D eigenvalue weighted by atomic mass is 9.92. The number of aliphatic hydroxyl groups excluding tert-OH is 1. The van der Waals surface area contributed by atoms with Crippen molar-refractivity contribution in [3.8, 4) is 0 Å². The number of nitrogens with one attached hydrogen (secondary N) is 1. The van der Waals surface area contributed by atoms with Crippen LogP contribution in [0.5, 0.6) is 0 Å². The molecule has 1 saturated carbocycles. The quantitative estimate of drug-likeness (QED) is 0.823. The van der Waals surface area contributed by atoms with Gasteiger partial charge in [0, 0.05) is 6.04 Å². The van der Waals surface area contributed by atoms with Crippen LogP contribution in [0.1, 0.15) is 50.3 Å². The first-order chi connectivity index (χ1) is 7.66. The molecule has 0 aromatic carbocycles. The molecule has 4 heteroatoms. The molecule has 1 aliphatic rings. The molecule has 1 unspecified atom stereocenters. The molecule has 3 atom stereocenters. The van der Waals surface area contributed by atoms with Gasteiger partial charge in [0.25, 0.3) is 0 Å². The van der Waals surface area contributed by atoms with Gasteiger partial charge < -0.3 is 14.8 Å². The van der Waals surface area contributed by atoms with Gasteiger partial charge in [0.2, 0.25) is 5.89 Å². The maximum absolute atomic E-state index is 9.86. The highest BCUT2D eigenvalue weighted by atomic mass is 16.4. The van der Waals surface area contributed by atoms with E-state index in [-0.39, 0.29) is 18.2 Å². The predicted molar refractivity (Wildman–Crippen MR) is 61.1 cm³/mol. The van der Waals surface area contributed by atoms with Crippen LogP contribution in [0.4, 0.5) is 0 Å². The molecule has 4 nitrogen and oxygen atoms in total. The van der Waals surface area contributed by atoms with Crippen LogP contribution < -0.4 is 5.32 Å². The van der Waals surface area contributed by atoms with E-state index in [2.05, 4.69) is 10.3 Å². The van der Waals surface area contributed by atoms with Crippen LogP contribution in [0.2, 0.25) is 0 Å². The van der Waals surface area contributed by atoms with E-state index < -0.39 is 0 Å². The third kappa shape index (κ3) is 2.62. The Morgan fingerprint density at radius 3 is 2.88 bits per heavy atom. The zero-order valence-corrected chi connectivity index (χ0v) is 9.94. The number of aliphatic hydroxyl groups is 1. The number of oxazole rings is 1. The molecule has 1 heterocycles. The zero-order valence-electron chi connectivity index (χ0n) is 9.94. The van der Waals surface area contributed by atoms with Crippen LogP contribution in [0.15, 0.2) is 10.6 Å². The Morgan fingerprint density at radius 2 is 2.25 bits per heavy atom. The summed E-state index contributed by atoms with van der Waals surface area (Å²) in [6.07, 6.45) is 5.75. The number of hydrogen-bond acceptors (Lipinski definition) is 4. The fourth-order valence-corrected chi connectivity index (χ4v) is 2.27. The molecule has 0 spiro atoms. The van der Waals surface area contributed by atoms with Gasteiger partial charge in [-0.2, -0.15) is 0 Å². The maximum Gasteiger partial charge on any atom is 0.211 e. The summed E-state index contributed by atoms with van der Waals surface area (Å²) in [5, 5.41) is 13.2. The van der Waals surface area contributed by atoms with Crippen molar-refractivity contribution in [3.63, 3.8) is 0 Å². The summed E-state index contributed by atoms with van der Waals surface area (Å²) < 4.78 is 5.47. The van der Waals surface area contributed by atoms with Gasteiger partial charge in [-0.1, -0.05) is 12.8 Å². The Hall–Kier alpha value is -0.870. The molecule has 0 saturated heterocycles. The molecule has 0 radical (unpaired) electrons. The molecule has 2 rings (SSSR count). The summed E-state index contributed by atoms with van der Waals surface area (Å²) in [6, 6.07) is 0.238. The van der Waals surface area contributed by atoms with Crippen molar-refractivity contribution in [2.75, 3.05) is 0 Å². The van der Waals surface area contributed by atoms with Gasteiger partial charge in [0.05, 0.1) is 18.3 Å². The van der Waals surface area contributed by atoms with E-state index in [0.717, 1.165) is 25.0 Å². The molecular formula is C12H20N2O2. The molecular weight excluding hydrogens is 204 g/mol. The Labute approximate surface area is 96.1 Å². The lowest BCUT2D eigenvalue weighted by Crippen LogP contribution is -2.43. The van der Waals surface area contributed by atoms with Gasteiger partial charge in [-0.3, -0.25) is 0 Å². The number of aryl methyl sites for hydroxylation is 1. The molecule has 16 heavy (non-hydrogen) atoms. The molecule has 0 aliphatic heterocycles. The fourth-order valence-electron chi connectivity index (χ4n) is 2.27. The van der Waals surface area contributed by atoms with Gasteiger partial charge in [0.15, 0.2) is 0 Å². The van der Waals surface area contributed by atoms with Crippen molar-refractivity contribution in [1.29, 1.82) is 0 Å². The predicted octanol–water partition coefficient (Wildman–Crippen LogP) is 1.94. The minimum absolute atomic E-state index is 0.0615. The molecule has 1 fully saturated rings. The summed E-state index contributed by atoms with van der Waals surface area (Å²) in [5.41, 5.74) is 0. The van der Waals surface area contributed by atoms with E-state index >= 15 is 0 Å². The summed E-state index contributed by atoms with van der Waals surface area (Å²) in [7, 11) is 0. The van der Waals surface area contributed by atoms with Gasteiger partial charge in [-0.25, -0.2) is 4.98 Å². The smallest absolute Gasteiger partial charge is 0.211 e. The maximum atomic E-state index is 9.86. The van der Waals surface area contributed by atoms with Gasteiger partial charge in [-0.05, 0) is 26.7 Å². The standard InChI is InChI=1S/C12H20N2O2/c1-8-7-13-12(16-8)9(2)14-10-5-3-4-6-11(10)15/h7,9-11,14-15H,3-6H2,1-2H3/t9?,10-,11-/m1/s1. The fraction of sp³-hybridized carbons (Fsp3) is 0.750. The van der Waals surface area contributed by atoms with Crippen LogP contribution in [-0.4, -0.2) is 22.2 Å². The largest absolute Gasteiger partial charge is 0.444 e. The third-order valence-corrected chi connectivity index (χ3v) is 3.20. The average Bonchev–Trinajstić information content (AvgIpc) is 2.68. The highest BCUT2D eigenvalue weighted by Gasteiger charge is 2.25. The van der Waals surface area contributed by atoms with Crippen molar-refractivity contribution >= 4 is 0 Å². The third-order valence-electron chi connectivity index (χ3n) is 3.20. The van der Waals surface area contributed by atoms with E-state index in [1.807, 2.05) is 13.8 Å². The van der Waals surface area contributed by atoms with Gasteiger partial charge in [-0.15, -0.1) is 0 Å². The van der Waals surface area contributed by atoms with Crippen molar-refractivity contribution in [2.45, 2.75) is 57.7 Å². The van der Waals surface area contributed by atoms with Crippen LogP contribution in [0, 0.1) is 6.92 Å². The number of hydrogen-bond donors (Lipinski definition) is 2. The van der Waals surface area contributed by atoms with E-state index in [9.17, 15) is 5.11 Å². The van der Waals surface area contributed by atoms with E-state index in [1.165, 1.54) is 6.42 Å². The summed E-state index contributed by atoms with van der Waals surface area (Å²) in [5.74, 6) is 1.53. The summed E-state index contributed by atoms with van der Waals surface area (Å²) in [6.45, 7) is 3.91. The molecule has 2 N–H and O–H groups in total. The van der Waals surface area contributed by atoms with Crippen LogP contribution in [0.25, 0.3) is 0 Å². The SMILES string of the molecule is Cc1cnc(C(C)N[C@@H]2CCCC[C@H]2O)o1. The molecule has 1 aromatic heterocycles. The lowest BCUT2D eigenvalue weighted by Gasteiger charge is -2.30. The molecule has 0 bridgehead atoms. The monoisotopic (exact) mass is 224 g/mol. The molecule has 90 valence electrons.